The molecule has 2 aromatic heterocycles. The monoisotopic (exact) mass is 645 g/mol. The number of carbonyl (C=O) groups is 1. The quantitative estimate of drug-likeness (QED) is 0.296. The first-order valence-electron chi connectivity index (χ1n) is 14.0. The maximum absolute atomic E-state index is 10.5. The van der Waals surface area contributed by atoms with Crippen LogP contribution >= 0.6 is 11.6 Å². The zero-order valence-corrected chi connectivity index (χ0v) is 24.4. The minimum absolute atomic E-state index is 0.244. The second-order valence-corrected chi connectivity index (χ2v) is 11.2. The fourth-order valence-electron chi connectivity index (χ4n) is 5.41. The third-order valence-corrected chi connectivity index (χ3v) is 7.98. The first-order chi connectivity index (χ1) is 21.5. The summed E-state index contributed by atoms with van der Waals surface area (Å²) in [6.07, 6.45) is -6.87. The number of amidine groups is 1. The summed E-state index contributed by atoms with van der Waals surface area (Å²) in [5, 5.41) is 19.2. The van der Waals surface area contributed by atoms with Gasteiger partial charge in [0.1, 0.15) is 30.8 Å². The Kier molecular flexibility index (Phi) is 8.50. The lowest BCUT2D eigenvalue weighted by Gasteiger charge is -2.15. The fraction of sp³-hybridized carbons (Fsp3) is 0.333. The molecule has 5 atom stereocenters. The third kappa shape index (κ3) is 6.51. The number of aliphatic hydroxyl groups excluding tert-OH is 1. The first kappa shape index (κ1) is 30.9. The van der Waals surface area contributed by atoms with Gasteiger partial charge in [0.25, 0.3) is 6.01 Å². The molecule has 0 amide bonds. The molecule has 0 radical (unpaired) electrons. The predicted octanol–water partition coefficient (Wildman–Crippen LogP) is 1.42. The SMILES string of the molecule is C[NH+]1CCN=C1c1ccc(-c2ccc(-c3nc4nc(O[C@@H]5CO[C@H]6[C@@H]5OC[C@H]6O)[nH]c4cc3Cl)cc2)cc1.O=C([O-])C(F)(F)F. The molecule has 45 heavy (non-hydrogen) atoms. The predicted molar refractivity (Wildman–Crippen MR) is 154 cm³/mol. The summed E-state index contributed by atoms with van der Waals surface area (Å²) < 4.78 is 48.8. The Balaban J connectivity index is 0.000000460. The van der Waals surface area contributed by atoms with E-state index in [0.29, 0.717) is 34.5 Å². The van der Waals surface area contributed by atoms with E-state index in [2.05, 4.69) is 58.4 Å². The van der Waals surface area contributed by atoms with Gasteiger partial charge < -0.3 is 34.2 Å². The number of H-pyrrole nitrogens is 1. The smallest absolute Gasteiger partial charge is 0.430 e. The molecule has 3 aliphatic heterocycles. The van der Waals surface area contributed by atoms with Crippen molar-refractivity contribution >= 4 is 34.6 Å². The van der Waals surface area contributed by atoms with Gasteiger partial charge in [0, 0.05) is 5.56 Å². The fourth-order valence-corrected chi connectivity index (χ4v) is 5.67. The van der Waals surface area contributed by atoms with E-state index in [-0.39, 0.29) is 24.9 Å². The molecular formula is C30H27ClF3N5O6. The molecule has 15 heteroatoms. The van der Waals surface area contributed by atoms with Gasteiger partial charge in [0.15, 0.2) is 11.8 Å². The van der Waals surface area contributed by atoms with E-state index < -0.39 is 18.2 Å². The number of aromatic amines is 1. The Morgan fingerprint density at radius 2 is 1.62 bits per heavy atom. The van der Waals surface area contributed by atoms with Crippen LogP contribution in [0.3, 0.4) is 0 Å². The number of carboxylic acid groups (broad SMARTS) is 1. The van der Waals surface area contributed by atoms with E-state index in [1.807, 2.05) is 12.1 Å². The van der Waals surface area contributed by atoms with Gasteiger partial charge in [-0.2, -0.15) is 18.2 Å². The Hall–Kier alpha value is -4.08. The van der Waals surface area contributed by atoms with Crippen molar-refractivity contribution in [3.8, 4) is 28.4 Å². The molecule has 1 unspecified atom stereocenters. The van der Waals surface area contributed by atoms with Gasteiger partial charge in [-0.25, -0.2) is 9.98 Å². The van der Waals surface area contributed by atoms with Crippen LogP contribution in [0.25, 0.3) is 33.5 Å². The number of hydrogen-bond acceptors (Lipinski definition) is 9. The highest BCUT2D eigenvalue weighted by atomic mass is 35.5. The normalized spacial score (nSPS) is 24.2. The van der Waals surface area contributed by atoms with Gasteiger partial charge in [-0.3, -0.25) is 4.90 Å². The number of carboxylic acids is 1. The maximum Gasteiger partial charge on any atom is 0.430 e. The van der Waals surface area contributed by atoms with Crippen molar-refractivity contribution in [3.05, 3.63) is 65.2 Å². The van der Waals surface area contributed by atoms with Crippen LogP contribution in [0.4, 0.5) is 13.2 Å². The Bertz CT molecular complexity index is 1730. The molecule has 0 bridgehead atoms. The highest BCUT2D eigenvalue weighted by Gasteiger charge is 2.48. The summed E-state index contributed by atoms with van der Waals surface area (Å²) in [6, 6.07) is 18.8. The standard InChI is InChI=1S/C28H26ClN5O4.C2HF3O2/c1-34-11-10-30-27(34)18-8-4-16(5-9-18)15-2-6-17(7-3-15)23-19(29)12-20-26(32-23)33-28(31-20)38-22-14-37-24-21(35)13-36-25(22)24;3-2(4,5)1(6)7/h2-9,12,21-22,24-25,35H,10-11,13-14H2,1H3,(H,31,32,33);(H,6,7)/t21-,22-,24-,25-;/m1./s1. The molecule has 0 aliphatic carbocycles. The van der Waals surface area contributed by atoms with Crippen molar-refractivity contribution in [1.29, 1.82) is 0 Å². The average Bonchev–Trinajstić information content (AvgIpc) is 3.79. The number of aliphatic carboxylic acids is 1. The van der Waals surface area contributed by atoms with Crippen LogP contribution in [0.15, 0.2) is 59.6 Å². The number of likely N-dealkylation sites (N-methyl/N-ethyl adjacent to an activating group) is 1. The van der Waals surface area contributed by atoms with Gasteiger partial charge in [-0.05, 0) is 29.3 Å². The number of carbonyl (C=O) groups excluding carboxylic acids is 1. The van der Waals surface area contributed by atoms with Gasteiger partial charge in [-0.15, -0.1) is 0 Å². The Morgan fingerprint density at radius 3 is 2.22 bits per heavy atom. The van der Waals surface area contributed by atoms with Crippen molar-refractivity contribution in [2.75, 3.05) is 33.4 Å². The molecule has 0 saturated carbocycles. The number of rotatable bonds is 5. The van der Waals surface area contributed by atoms with Crippen LogP contribution in [0.1, 0.15) is 5.56 Å². The topological polar surface area (TPSA) is 146 Å². The van der Waals surface area contributed by atoms with Crippen LogP contribution in [-0.2, 0) is 14.3 Å². The molecule has 4 aromatic rings. The lowest BCUT2D eigenvalue weighted by Crippen LogP contribution is -3.10. The zero-order chi connectivity index (χ0) is 31.9. The number of pyridine rings is 1. The van der Waals surface area contributed by atoms with Crippen LogP contribution in [0.5, 0.6) is 6.01 Å². The van der Waals surface area contributed by atoms with Crippen molar-refractivity contribution in [2.24, 2.45) is 4.99 Å². The molecule has 11 nitrogen and oxygen atoms in total. The van der Waals surface area contributed by atoms with E-state index in [1.54, 1.807) is 6.07 Å². The Labute approximate surface area is 259 Å². The highest BCUT2D eigenvalue weighted by Crippen LogP contribution is 2.33. The van der Waals surface area contributed by atoms with E-state index in [9.17, 15) is 18.3 Å². The number of imidazole rings is 1. The van der Waals surface area contributed by atoms with E-state index in [0.717, 1.165) is 35.6 Å². The minimum atomic E-state index is -5.19. The molecule has 7 rings (SSSR count). The molecule has 236 valence electrons. The molecular weight excluding hydrogens is 619 g/mol. The van der Waals surface area contributed by atoms with E-state index in [1.165, 1.54) is 10.5 Å². The van der Waals surface area contributed by atoms with Crippen LogP contribution in [-0.4, -0.2) is 95.8 Å². The summed E-state index contributed by atoms with van der Waals surface area (Å²) in [7, 11) is 2.15. The van der Waals surface area contributed by atoms with Gasteiger partial charge >= 0.3 is 6.18 Å². The first-order valence-corrected chi connectivity index (χ1v) is 14.4. The number of halogens is 4. The maximum atomic E-state index is 10.5. The molecule has 2 aromatic carbocycles. The van der Waals surface area contributed by atoms with Gasteiger partial charge in [0.05, 0.1) is 48.6 Å². The largest absolute Gasteiger partial charge is 0.542 e. The number of nitrogens with zero attached hydrogens (tertiary/aromatic N) is 3. The summed E-state index contributed by atoms with van der Waals surface area (Å²) in [5.74, 6) is -1.88. The number of quaternary nitrogens is 1. The minimum Gasteiger partial charge on any atom is -0.542 e. The summed E-state index contributed by atoms with van der Waals surface area (Å²) in [6.45, 7) is 2.50. The Morgan fingerprint density at radius 1 is 1.02 bits per heavy atom. The van der Waals surface area contributed by atoms with Crippen molar-refractivity contribution in [3.63, 3.8) is 0 Å². The molecule has 0 spiro atoms. The van der Waals surface area contributed by atoms with Crippen molar-refractivity contribution in [2.45, 2.75) is 30.6 Å². The third-order valence-electron chi connectivity index (χ3n) is 7.69. The lowest BCUT2D eigenvalue weighted by atomic mass is 10.0. The average molecular weight is 646 g/mol. The number of nitrogens with one attached hydrogen (secondary N) is 2. The van der Waals surface area contributed by atoms with Gasteiger partial charge in [-0.1, -0.05) is 48.0 Å². The van der Waals surface area contributed by atoms with Crippen LogP contribution in [0.2, 0.25) is 5.02 Å². The molecule has 3 N–H and O–H groups in total. The second kappa shape index (κ2) is 12.4. The number of fused-ring (bicyclic) bond motifs is 2. The number of hydrogen-bond donors (Lipinski definition) is 3. The van der Waals surface area contributed by atoms with Crippen LogP contribution in [0, 0.1) is 0 Å². The number of benzene rings is 2. The molecule has 5 heterocycles. The summed E-state index contributed by atoms with van der Waals surface area (Å²) in [4.78, 5) is 27.1. The van der Waals surface area contributed by atoms with Crippen molar-refractivity contribution in [1.82, 2.24) is 15.0 Å². The van der Waals surface area contributed by atoms with Crippen molar-refractivity contribution < 1.29 is 47.3 Å². The zero-order valence-electron chi connectivity index (χ0n) is 23.7. The number of ether oxygens (including phenoxy) is 3. The number of aliphatic hydroxyl groups is 1. The summed E-state index contributed by atoms with van der Waals surface area (Å²) in [5.41, 5.74) is 6.14. The van der Waals surface area contributed by atoms with E-state index in [4.69, 9.17) is 40.7 Å². The molecule has 2 fully saturated rings. The molecule has 2 saturated heterocycles. The summed E-state index contributed by atoms with van der Waals surface area (Å²) >= 11 is 6.62. The van der Waals surface area contributed by atoms with E-state index >= 15 is 0 Å². The lowest BCUT2D eigenvalue weighted by molar-refractivity contribution is -0.773. The van der Waals surface area contributed by atoms with Gasteiger partial charge in [0.2, 0.25) is 5.84 Å². The molecule has 3 aliphatic rings. The number of aliphatic imine (C=N–C) groups is 1. The second-order valence-electron chi connectivity index (χ2n) is 10.8. The number of alkyl halides is 3. The highest BCUT2D eigenvalue weighted by molar-refractivity contribution is 6.33. The number of aromatic nitrogens is 3. The van der Waals surface area contributed by atoms with Crippen LogP contribution < -0.4 is 14.7 Å².